The highest BCUT2D eigenvalue weighted by Crippen LogP contribution is 2.22. The fraction of sp³-hybridized carbons (Fsp3) is 0.115. The minimum Gasteiger partial charge on any atom is -0.457 e. The molecule has 1 aromatic heterocycles. The number of nitrogens with zero attached hydrogens (tertiary/aromatic N) is 2. The zero-order valence-electron chi connectivity index (χ0n) is 18.6. The molecule has 0 aliphatic rings. The number of carbonyl (C=O) groups is 2. The van der Waals surface area contributed by atoms with Crippen LogP contribution in [0.15, 0.2) is 96.1 Å². The third-order valence-electron chi connectivity index (χ3n) is 4.96. The molecule has 4 rings (SSSR count). The Kier molecular flexibility index (Phi) is 7.00. The van der Waals surface area contributed by atoms with E-state index in [1.807, 2.05) is 54.6 Å². The molecule has 0 radical (unpaired) electrons. The average Bonchev–Trinajstić information content (AvgIpc) is 3.22. The molecular weight excluding hydrogens is 432 g/mol. The van der Waals surface area contributed by atoms with Crippen molar-refractivity contribution in [3.63, 3.8) is 0 Å². The quantitative estimate of drug-likeness (QED) is 0.402. The molecular formula is C26H24N4O4. The van der Waals surface area contributed by atoms with Crippen LogP contribution in [0, 0.1) is 0 Å². The van der Waals surface area contributed by atoms with Crippen LogP contribution in [0.4, 0.5) is 5.69 Å². The Morgan fingerprint density at radius 2 is 1.32 bits per heavy atom. The molecule has 1 amide bonds. The number of nitrogens with one attached hydrogen (secondary N) is 2. The van der Waals surface area contributed by atoms with Gasteiger partial charge in [-0.1, -0.05) is 18.2 Å². The second kappa shape index (κ2) is 10.5. The summed E-state index contributed by atoms with van der Waals surface area (Å²) in [6.07, 6.45) is 3.39. The number of ether oxygens (including phenoxy) is 1. The van der Waals surface area contributed by atoms with Crippen LogP contribution in [0.25, 0.3) is 11.4 Å². The molecule has 0 unspecified atom stereocenters. The Hall–Kier alpha value is -4.43. The van der Waals surface area contributed by atoms with Crippen LogP contribution in [0.5, 0.6) is 11.5 Å². The van der Waals surface area contributed by atoms with E-state index in [4.69, 9.17) is 4.74 Å². The number of ketones is 1. The number of rotatable bonds is 9. The van der Waals surface area contributed by atoms with E-state index in [-0.39, 0.29) is 30.5 Å². The molecule has 172 valence electrons. The van der Waals surface area contributed by atoms with E-state index in [2.05, 4.69) is 10.6 Å². The van der Waals surface area contributed by atoms with Gasteiger partial charge >= 0.3 is 5.69 Å². The smallest absolute Gasteiger partial charge is 0.337 e. The van der Waals surface area contributed by atoms with Gasteiger partial charge in [-0.15, -0.1) is 0 Å². The normalized spacial score (nSPS) is 10.6. The van der Waals surface area contributed by atoms with Crippen molar-refractivity contribution < 1.29 is 14.3 Å². The van der Waals surface area contributed by atoms with Gasteiger partial charge in [0.15, 0.2) is 0 Å². The summed E-state index contributed by atoms with van der Waals surface area (Å²) in [7, 11) is 0. The predicted octanol–water partition coefficient (Wildman–Crippen LogP) is 3.54. The van der Waals surface area contributed by atoms with Crippen molar-refractivity contribution in [2.45, 2.75) is 6.92 Å². The number of carbonyl (C=O) groups excluding carboxylic acids is 2. The first-order valence-corrected chi connectivity index (χ1v) is 10.7. The number of aromatic nitrogens is 2. The van der Waals surface area contributed by atoms with Crippen LogP contribution in [0.1, 0.15) is 6.92 Å². The van der Waals surface area contributed by atoms with Gasteiger partial charge in [-0.25, -0.2) is 4.79 Å². The molecule has 8 nitrogen and oxygen atoms in total. The number of hydrogen-bond acceptors (Lipinski definition) is 5. The van der Waals surface area contributed by atoms with Gasteiger partial charge in [-0.2, -0.15) is 0 Å². The first kappa shape index (κ1) is 22.8. The highest BCUT2D eigenvalue weighted by atomic mass is 16.5. The lowest BCUT2D eigenvalue weighted by atomic mass is 10.2. The molecule has 8 heteroatoms. The number of benzene rings is 3. The molecule has 0 spiro atoms. The maximum absolute atomic E-state index is 13.0. The number of anilines is 1. The first-order chi connectivity index (χ1) is 16.5. The van der Waals surface area contributed by atoms with Crippen LogP contribution in [-0.2, 0) is 9.59 Å². The maximum Gasteiger partial charge on any atom is 0.337 e. The van der Waals surface area contributed by atoms with Crippen molar-refractivity contribution in [2.24, 2.45) is 0 Å². The molecule has 1 heterocycles. The highest BCUT2D eigenvalue weighted by Gasteiger charge is 2.09. The van der Waals surface area contributed by atoms with Crippen LogP contribution in [0.3, 0.4) is 0 Å². The number of hydrogen-bond donors (Lipinski definition) is 2. The number of imidazole rings is 1. The second-order valence-corrected chi connectivity index (χ2v) is 7.63. The van der Waals surface area contributed by atoms with E-state index < -0.39 is 0 Å². The van der Waals surface area contributed by atoms with Gasteiger partial charge < -0.3 is 15.4 Å². The third kappa shape index (κ3) is 5.67. The minimum atomic E-state index is -0.253. The SMILES string of the molecule is CC(=O)CNCC(=O)Nc1ccc(-n2ccn(-c3ccc(Oc4ccccc4)cc3)c2=O)cc1. The number of para-hydroxylation sites is 1. The molecule has 0 saturated heterocycles. The summed E-state index contributed by atoms with van der Waals surface area (Å²) < 4.78 is 8.87. The number of Topliss-reactive ketones (excluding diaryl/α,β-unsaturated/α-hetero) is 1. The summed E-state index contributed by atoms with van der Waals surface area (Å²) in [5.74, 6) is 1.13. The van der Waals surface area contributed by atoms with E-state index >= 15 is 0 Å². The Bertz CT molecular complexity index is 1320. The predicted molar refractivity (Wildman–Crippen MR) is 130 cm³/mol. The monoisotopic (exact) mass is 456 g/mol. The van der Waals surface area contributed by atoms with Gasteiger partial charge in [0, 0.05) is 18.1 Å². The molecule has 0 bridgehead atoms. The Balaban J connectivity index is 1.42. The summed E-state index contributed by atoms with van der Waals surface area (Å²) >= 11 is 0. The topological polar surface area (TPSA) is 94.4 Å². The van der Waals surface area contributed by atoms with Crippen molar-refractivity contribution >= 4 is 17.4 Å². The Morgan fingerprint density at radius 3 is 1.91 bits per heavy atom. The standard InChI is InChI=1S/C26H24N4O4/c1-19(31)17-27-18-25(32)28-20-7-9-21(10-8-20)29-15-16-30(26(29)33)22-11-13-24(14-12-22)34-23-5-3-2-4-6-23/h2-16,27H,17-18H2,1H3,(H,28,32). The van der Waals surface area contributed by atoms with Crippen LogP contribution < -0.4 is 21.1 Å². The minimum absolute atomic E-state index is 0.0361. The third-order valence-corrected chi connectivity index (χ3v) is 4.96. The Morgan fingerprint density at radius 1 is 0.765 bits per heavy atom. The second-order valence-electron chi connectivity index (χ2n) is 7.63. The summed E-state index contributed by atoms with van der Waals surface area (Å²) in [4.78, 5) is 35.8. The molecule has 0 saturated carbocycles. The highest BCUT2D eigenvalue weighted by molar-refractivity contribution is 5.92. The van der Waals surface area contributed by atoms with E-state index in [9.17, 15) is 14.4 Å². The summed E-state index contributed by atoms with van der Waals surface area (Å²) in [5, 5.41) is 5.51. The van der Waals surface area contributed by atoms with Crippen molar-refractivity contribution in [3.8, 4) is 22.9 Å². The van der Waals surface area contributed by atoms with Gasteiger partial charge in [0.2, 0.25) is 5.91 Å². The van der Waals surface area contributed by atoms with E-state index in [1.165, 1.54) is 11.5 Å². The van der Waals surface area contributed by atoms with Gasteiger partial charge in [-0.05, 0) is 67.6 Å². The van der Waals surface area contributed by atoms with E-state index in [1.54, 1.807) is 41.2 Å². The molecule has 0 fully saturated rings. The van der Waals surface area contributed by atoms with Crippen molar-refractivity contribution in [3.05, 3.63) is 102 Å². The molecule has 0 aliphatic carbocycles. The molecule has 3 aromatic carbocycles. The number of amides is 1. The molecule has 2 N–H and O–H groups in total. The van der Waals surface area contributed by atoms with Gasteiger partial charge in [0.25, 0.3) is 0 Å². The first-order valence-electron chi connectivity index (χ1n) is 10.7. The van der Waals surface area contributed by atoms with Crippen LogP contribution >= 0.6 is 0 Å². The van der Waals surface area contributed by atoms with Crippen molar-refractivity contribution in [1.82, 2.24) is 14.5 Å². The maximum atomic E-state index is 13.0. The Labute approximate surface area is 196 Å². The van der Waals surface area contributed by atoms with Crippen LogP contribution in [-0.4, -0.2) is 33.9 Å². The van der Waals surface area contributed by atoms with Gasteiger partial charge in [-0.3, -0.25) is 18.7 Å². The van der Waals surface area contributed by atoms with E-state index in [0.29, 0.717) is 22.8 Å². The zero-order chi connectivity index (χ0) is 23.9. The molecule has 0 atom stereocenters. The van der Waals surface area contributed by atoms with Crippen molar-refractivity contribution in [2.75, 3.05) is 18.4 Å². The largest absolute Gasteiger partial charge is 0.457 e. The summed E-state index contributed by atoms with van der Waals surface area (Å²) in [6, 6.07) is 23.7. The average molecular weight is 457 g/mol. The summed E-state index contributed by atoms with van der Waals surface area (Å²) in [6.45, 7) is 1.64. The van der Waals surface area contributed by atoms with Crippen LogP contribution in [0.2, 0.25) is 0 Å². The zero-order valence-corrected chi connectivity index (χ0v) is 18.6. The summed E-state index contributed by atoms with van der Waals surface area (Å²) in [5.41, 5.74) is 1.76. The fourth-order valence-corrected chi connectivity index (χ4v) is 3.33. The molecule has 0 aliphatic heterocycles. The van der Waals surface area contributed by atoms with Gasteiger partial charge in [0.05, 0.1) is 24.5 Å². The van der Waals surface area contributed by atoms with Gasteiger partial charge in [0.1, 0.15) is 17.3 Å². The molecule has 4 aromatic rings. The lowest BCUT2D eigenvalue weighted by molar-refractivity contribution is -0.116. The lowest BCUT2D eigenvalue weighted by Gasteiger charge is -2.08. The molecule has 34 heavy (non-hydrogen) atoms. The van der Waals surface area contributed by atoms with E-state index in [0.717, 1.165) is 5.75 Å². The van der Waals surface area contributed by atoms with Crippen molar-refractivity contribution in [1.29, 1.82) is 0 Å². The lowest BCUT2D eigenvalue weighted by Crippen LogP contribution is -2.31. The fourth-order valence-electron chi connectivity index (χ4n) is 3.33.